The Balaban J connectivity index is 1.23. The molecule has 2 heterocycles. The van der Waals surface area contributed by atoms with Crippen molar-refractivity contribution in [2.75, 3.05) is 44.2 Å². The second-order valence-electron chi connectivity index (χ2n) is 7.58. The Morgan fingerprint density at radius 2 is 1.62 bits per heavy atom. The van der Waals surface area contributed by atoms with Gasteiger partial charge in [0.15, 0.2) is 0 Å². The summed E-state index contributed by atoms with van der Waals surface area (Å²) in [5.74, 6) is 0.934. The zero-order chi connectivity index (χ0) is 19.9. The highest BCUT2D eigenvalue weighted by molar-refractivity contribution is 5.68. The molecule has 1 amide bonds. The van der Waals surface area contributed by atoms with Crippen molar-refractivity contribution in [3.05, 3.63) is 60.2 Å². The van der Waals surface area contributed by atoms with Crippen molar-refractivity contribution in [1.29, 1.82) is 0 Å². The van der Waals surface area contributed by atoms with Crippen LogP contribution < -0.4 is 15.0 Å². The molecule has 2 fully saturated rings. The summed E-state index contributed by atoms with van der Waals surface area (Å²) in [7, 11) is 0. The molecule has 0 unspecified atom stereocenters. The van der Waals surface area contributed by atoms with E-state index in [2.05, 4.69) is 34.5 Å². The van der Waals surface area contributed by atoms with Crippen LogP contribution in [0.1, 0.15) is 18.4 Å². The van der Waals surface area contributed by atoms with Crippen molar-refractivity contribution < 1.29 is 14.3 Å². The molecule has 2 aliphatic rings. The van der Waals surface area contributed by atoms with E-state index in [-0.39, 0.29) is 6.09 Å². The molecule has 2 aromatic carbocycles. The van der Waals surface area contributed by atoms with Crippen molar-refractivity contribution >= 4 is 11.8 Å². The summed E-state index contributed by atoms with van der Waals surface area (Å²) in [6.45, 7) is 5.31. The number of ether oxygens (including phenoxy) is 2. The lowest BCUT2D eigenvalue weighted by Crippen LogP contribution is -2.48. The normalized spacial score (nSPS) is 17.8. The molecule has 0 atom stereocenters. The SMILES string of the molecule is O=C(OCc1ccccc1)N1CCN(c2ccc(OC3CCNCC3)cc2)CC1. The van der Waals surface area contributed by atoms with Gasteiger partial charge in [-0.15, -0.1) is 0 Å². The summed E-state index contributed by atoms with van der Waals surface area (Å²) in [6, 6.07) is 18.1. The van der Waals surface area contributed by atoms with Crippen molar-refractivity contribution in [1.82, 2.24) is 10.2 Å². The minimum absolute atomic E-state index is 0.237. The number of carbonyl (C=O) groups is 1. The average molecular weight is 396 g/mol. The van der Waals surface area contributed by atoms with E-state index in [0.717, 1.165) is 50.3 Å². The Bertz CT molecular complexity index is 768. The Morgan fingerprint density at radius 3 is 2.31 bits per heavy atom. The van der Waals surface area contributed by atoms with Crippen LogP contribution in [0.15, 0.2) is 54.6 Å². The van der Waals surface area contributed by atoms with Crippen LogP contribution in [0.5, 0.6) is 5.75 Å². The van der Waals surface area contributed by atoms with Gasteiger partial charge in [-0.2, -0.15) is 0 Å². The molecule has 6 nitrogen and oxygen atoms in total. The number of piperidine rings is 1. The van der Waals surface area contributed by atoms with Gasteiger partial charge in [0.1, 0.15) is 18.5 Å². The van der Waals surface area contributed by atoms with E-state index in [9.17, 15) is 4.79 Å². The maximum absolute atomic E-state index is 12.3. The first-order valence-electron chi connectivity index (χ1n) is 10.5. The molecule has 0 aromatic heterocycles. The third kappa shape index (κ3) is 5.41. The molecule has 6 heteroatoms. The maximum Gasteiger partial charge on any atom is 0.410 e. The monoisotopic (exact) mass is 395 g/mol. The number of carbonyl (C=O) groups excluding carboxylic acids is 1. The molecule has 2 aliphatic heterocycles. The number of nitrogens with one attached hydrogen (secondary N) is 1. The molecule has 0 saturated carbocycles. The largest absolute Gasteiger partial charge is 0.490 e. The lowest BCUT2D eigenvalue weighted by molar-refractivity contribution is 0.0942. The summed E-state index contributed by atoms with van der Waals surface area (Å²) < 4.78 is 11.5. The Labute approximate surface area is 172 Å². The van der Waals surface area contributed by atoms with E-state index in [0.29, 0.717) is 25.8 Å². The van der Waals surface area contributed by atoms with Gasteiger partial charge in [0, 0.05) is 31.9 Å². The van der Waals surface area contributed by atoms with Crippen molar-refractivity contribution in [2.45, 2.75) is 25.6 Å². The van der Waals surface area contributed by atoms with Crippen molar-refractivity contribution in [3.63, 3.8) is 0 Å². The van der Waals surface area contributed by atoms with Gasteiger partial charge in [-0.3, -0.25) is 0 Å². The summed E-state index contributed by atoms with van der Waals surface area (Å²) >= 11 is 0. The van der Waals surface area contributed by atoms with Crippen LogP contribution in [0.2, 0.25) is 0 Å². The number of rotatable bonds is 5. The summed E-state index contributed by atoms with van der Waals surface area (Å²) in [6.07, 6.45) is 2.19. The number of piperazine rings is 1. The molecule has 2 saturated heterocycles. The highest BCUT2D eigenvalue weighted by Gasteiger charge is 2.22. The Morgan fingerprint density at radius 1 is 0.931 bits per heavy atom. The number of hydrogen-bond donors (Lipinski definition) is 1. The van der Waals surface area contributed by atoms with Gasteiger partial charge in [0.2, 0.25) is 0 Å². The fraction of sp³-hybridized carbons (Fsp3) is 0.435. The highest BCUT2D eigenvalue weighted by Crippen LogP contribution is 2.23. The van der Waals surface area contributed by atoms with Crippen LogP contribution in [0.25, 0.3) is 0 Å². The van der Waals surface area contributed by atoms with E-state index < -0.39 is 0 Å². The number of hydrogen-bond acceptors (Lipinski definition) is 5. The standard InChI is InChI=1S/C23H29N3O3/c27-23(28-18-19-4-2-1-3-5-19)26-16-14-25(15-17-26)20-6-8-21(9-7-20)29-22-10-12-24-13-11-22/h1-9,22,24H,10-18H2. The molecule has 29 heavy (non-hydrogen) atoms. The predicted molar refractivity (Wildman–Crippen MR) is 113 cm³/mol. The van der Waals surface area contributed by atoms with E-state index in [1.54, 1.807) is 4.90 Å². The lowest BCUT2D eigenvalue weighted by Gasteiger charge is -2.35. The molecule has 2 aromatic rings. The zero-order valence-corrected chi connectivity index (χ0v) is 16.8. The number of benzene rings is 2. The van der Waals surface area contributed by atoms with Crippen LogP contribution in [-0.4, -0.2) is 56.4 Å². The molecule has 1 N–H and O–H groups in total. The minimum atomic E-state index is -0.237. The maximum atomic E-state index is 12.3. The topological polar surface area (TPSA) is 54.0 Å². The molecule has 0 bridgehead atoms. The van der Waals surface area contributed by atoms with Crippen LogP contribution in [0, 0.1) is 0 Å². The molecule has 154 valence electrons. The van der Waals surface area contributed by atoms with Gasteiger partial charge in [-0.25, -0.2) is 4.79 Å². The first-order valence-corrected chi connectivity index (χ1v) is 10.5. The molecule has 0 spiro atoms. The predicted octanol–water partition coefficient (Wildman–Crippen LogP) is 3.28. The third-order valence-corrected chi connectivity index (χ3v) is 5.53. The van der Waals surface area contributed by atoms with Gasteiger partial charge in [0.25, 0.3) is 0 Å². The fourth-order valence-electron chi connectivity index (χ4n) is 3.80. The first-order chi connectivity index (χ1) is 14.3. The Hall–Kier alpha value is -2.73. The average Bonchev–Trinajstić information content (AvgIpc) is 2.79. The summed E-state index contributed by atoms with van der Waals surface area (Å²) in [4.78, 5) is 16.4. The molecule has 0 aliphatic carbocycles. The van der Waals surface area contributed by atoms with E-state index in [1.807, 2.05) is 30.3 Å². The summed E-state index contributed by atoms with van der Waals surface area (Å²) in [5.41, 5.74) is 2.17. The number of anilines is 1. The van der Waals surface area contributed by atoms with Gasteiger partial charge in [-0.05, 0) is 55.8 Å². The fourth-order valence-corrected chi connectivity index (χ4v) is 3.80. The quantitative estimate of drug-likeness (QED) is 0.842. The third-order valence-electron chi connectivity index (χ3n) is 5.53. The van der Waals surface area contributed by atoms with Gasteiger partial charge < -0.3 is 24.6 Å². The van der Waals surface area contributed by atoms with Crippen LogP contribution in [0.4, 0.5) is 10.5 Å². The van der Waals surface area contributed by atoms with Gasteiger partial charge >= 0.3 is 6.09 Å². The van der Waals surface area contributed by atoms with Crippen LogP contribution in [0.3, 0.4) is 0 Å². The number of amides is 1. The van der Waals surface area contributed by atoms with Crippen molar-refractivity contribution in [2.24, 2.45) is 0 Å². The van der Waals surface area contributed by atoms with E-state index in [4.69, 9.17) is 9.47 Å². The highest BCUT2D eigenvalue weighted by atomic mass is 16.6. The van der Waals surface area contributed by atoms with Crippen LogP contribution in [-0.2, 0) is 11.3 Å². The molecular formula is C23H29N3O3. The zero-order valence-electron chi connectivity index (χ0n) is 16.8. The molecule has 0 radical (unpaired) electrons. The Kier molecular flexibility index (Phi) is 6.52. The second kappa shape index (κ2) is 9.65. The lowest BCUT2D eigenvalue weighted by atomic mass is 10.1. The minimum Gasteiger partial charge on any atom is -0.490 e. The van der Waals surface area contributed by atoms with E-state index in [1.165, 1.54) is 5.69 Å². The molecular weight excluding hydrogens is 366 g/mol. The summed E-state index contributed by atoms with van der Waals surface area (Å²) in [5, 5.41) is 3.36. The van der Waals surface area contributed by atoms with Crippen molar-refractivity contribution in [3.8, 4) is 5.75 Å². The van der Waals surface area contributed by atoms with Gasteiger partial charge in [-0.1, -0.05) is 30.3 Å². The molecule has 4 rings (SSSR count). The first kappa shape index (κ1) is 19.6. The van der Waals surface area contributed by atoms with Gasteiger partial charge in [0.05, 0.1) is 0 Å². The van der Waals surface area contributed by atoms with Crippen LogP contribution >= 0.6 is 0 Å². The second-order valence-corrected chi connectivity index (χ2v) is 7.58. The smallest absolute Gasteiger partial charge is 0.410 e. The number of nitrogens with zero attached hydrogens (tertiary/aromatic N) is 2. The van der Waals surface area contributed by atoms with E-state index >= 15 is 0 Å².